The summed E-state index contributed by atoms with van der Waals surface area (Å²) in [5.41, 5.74) is 6.47. The highest BCUT2D eigenvalue weighted by molar-refractivity contribution is 9.10. The number of anilines is 1. The van der Waals surface area contributed by atoms with Crippen LogP contribution < -0.4 is 10.5 Å². The quantitative estimate of drug-likeness (QED) is 0.837. The molecule has 0 aliphatic heterocycles. The minimum absolute atomic E-state index is 0.0113. The molecule has 104 valence electrons. The SMILES string of the molecule is Nc1ccc(OCc2ccc(F)c(Br)c2)cc1C(=O)O. The molecule has 0 bridgehead atoms. The van der Waals surface area contributed by atoms with Gasteiger partial charge in [0.05, 0.1) is 10.0 Å². The van der Waals surface area contributed by atoms with Gasteiger partial charge in [-0.05, 0) is 51.8 Å². The predicted octanol–water partition coefficient (Wildman–Crippen LogP) is 3.45. The van der Waals surface area contributed by atoms with E-state index >= 15 is 0 Å². The van der Waals surface area contributed by atoms with Crippen LogP contribution in [-0.4, -0.2) is 11.1 Å². The van der Waals surface area contributed by atoms with Crippen LogP contribution in [0, 0.1) is 5.82 Å². The first-order valence-corrected chi connectivity index (χ1v) is 6.46. The van der Waals surface area contributed by atoms with Gasteiger partial charge in [-0.15, -0.1) is 0 Å². The fourth-order valence-corrected chi connectivity index (χ4v) is 2.03. The number of nitrogens with two attached hydrogens (primary N) is 1. The number of ether oxygens (including phenoxy) is 1. The van der Waals surface area contributed by atoms with Gasteiger partial charge in [-0.2, -0.15) is 0 Å². The molecule has 0 fully saturated rings. The van der Waals surface area contributed by atoms with Crippen LogP contribution in [0.2, 0.25) is 0 Å². The lowest BCUT2D eigenvalue weighted by atomic mass is 10.1. The van der Waals surface area contributed by atoms with E-state index in [-0.39, 0.29) is 23.7 Å². The van der Waals surface area contributed by atoms with E-state index in [9.17, 15) is 9.18 Å². The lowest BCUT2D eigenvalue weighted by Gasteiger charge is -2.09. The Balaban J connectivity index is 2.12. The Morgan fingerprint density at radius 3 is 2.70 bits per heavy atom. The number of nitrogen functional groups attached to an aromatic ring is 1. The molecule has 0 amide bonds. The molecule has 0 radical (unpaired) electrons. The van der Waals surface area contributed by atoms with Crippen LogP contribution in [0.4, 0.5) is 10.1 Å². The molecule has 0 atom stereocenters. The van der Waals surface area contributed by atoms with Crippen molar-refractivity contribution in [3.63, 3.8) is 0 Å². The van der Waals surface area contributed by atoms with Gasteiger partial charge in [0.1, 0.15) is 18.2 Å². The minimum Gasteiger partial charge on any atom is -0.489 e. The summed E-state index contributed by atoms with van der Waals surface area (Å²) in [5, 5.41) is 8.96. The van der Waals surface area contributed by atoms with Crippen LogP contribution >= 0.6 is 15.9 Å². The van der Waals surface area contributed by atoms with Crippen molar-refractivity contribution >= 4 is 27.6 Å². The molecule has 0 saturated heterocycles. The molecular weight excluding hydrogens is 329 g/mol. The van der Waals surface area contributed by atoms with E-state index in [1.807, 2.05) is 0 Å². The highest BCUT2D eigenvalue weighted by atomic mass is 79.9. The standard InChI is InChI=1S/C14H11BrFNO3/c15-11-5-8(1-3-12(11)16)7-20-9-2-4-13(17)10(6-9)14(18)19/h1-6H,7,17H2,(H,18,19). The zero-order chi connectivity index (χ0) is 14.7. The summed E-state index contributed by atoms with van der Waals surface area (Å²) in [5.74, 6) is -1.08. The molecule has 4 nitrogen and oxygen atoms in total. The Labute approximate surface area is 123 Å². The zero-order valence-corrected chi connectivity index (χ0v) is 11.9. The smallest absolute Gasteiger partial charge is 0.337 e. The molecule has 2 aromatic carbocycles. The zero-order valence-electron chi connectivity index (χ0n) is 10.3. The fraction of sp³-hybridized carbons (Fsp3) is 0.0714. The minimum atomic E-state index is -1.11. The summed E-state index contributed by atoms with van der Waals surface area (Å²) in [6.07, 6.45) is 0. The number of aromatic carboxylic acids is 1. The third-order valence-corrected chi connectivity index (χ3v) is 3.25. The second kappa shape index (κ2) is 5.92. The van der Waals surface area contributed by atoms with E-state index in [4.69, 9.17) is 15.6 Å². The molecule has 0 aliphatic carbocycles. The molecule has 3 N–H and O–H groups in total. The van der Waals surface area contributed by atoms with Gasteiger partial charge in [0, 0.05) is 5.69 Å². The van der Waals surface area contributed by atoms with Gasteiger partial charge in [0.25, 0.3) is 0 Å². The van der Waals surface area contributed by atoms with Crippen LogP contribution in [-0.2, 0) is 6.61 Å². The third kappa shape index (κ3) is 3.27. The van der Waals surface area contributed by atoms with Crippen molar-refractivity contribution in [3.8, 4) is 5.75 Å². The van der Waals surface area contributed by atoms with Crippen LogP contribution in [0.1, 0.15) is 15.9 Å². The summed E-state index contributed by atoms with van der Waals surface area (Å²) in [6, 6.07) is 8.94. The maximum atomic E-state index is 13.1. The van der Waals surface area contributed by atoms with Crippen LogP contribution in [0.25, 0.3) is 0 Å². The molecule has 20 heavy (non-hydrogen) atoms. The van der Waals surface area contributed by atoms with Crippen molar-refractivity contribution in [2.24, 2.45) is 0 Å². The number of hydrogen-bond acceptors (Lipinski definition) is 3. The topological polar surface area (TPSA) is 72.5 Å². The average molecular weight is 340 g/mol. The van der Waals surface area contributed by atoms with Crippen molar-refractivity contribution in [1.82, 2.24) is 0 Å². The van der Waals surface area contributed by atoms with Crippen molar-refractivity contribution < 1.29 is 19.0 Å². The lowest BCUT2D eigenvalue weighted by Crippen LogP contribution is -2.03. The van der Waals surface area contributed by atoms with E-state index in [2.05, 4.69) is 15.9 Å². The van der Waals surface area contributed by atoms with E-state index in [1.165, 1.54) is 18.2 Å². The van der Waals surface area contributed by atoms with Crippen molar-refractivity contribution in [2.45, 2.75) is 6.61 Å². The summed E-state index contributed by atoms with van der Waals surface area (Å²) in [4.78, 5) is 10.9. The first-order valence-electron chi connectivity index (χ1n) is 5.67. The van der Waals surface area contributed by atoms with Crippen molar-refractivity contribution in [1.29, 1.82) is 0 Å². The van der Waals surface area contributed by atoms with E-state index in [1.54, 1.807) is 18.2 Å². The monoisotopic (exact) mass is 339 g/mol. The Morgan fingerprint density at radius 2 is 2.05 bits per heavy atom. The molecule has 0 spiro atoms. The van der Waals surface area contributed by atoms with Crippen LogP contribution in [0.5, 0.6) is 5.75 Å². The molecule has 2 aromatic rings. The fourth-order valence-electron chi connectivity index (χ4n) is 1.61. The van der Waals surface area contributed by atoms with E-state index in [0.29, 0.717) is 10.2 Å². The number of carboxylic acid groups (broad SMARTS) is 1. The van der Waals surface area contributed by atoms with Gasteiger partial charge in [-0.3, -0.25) is 0 Å². The molecule has 0 aliphatic rings. The second-order valence-corrected chi connectivity index (χ2v) is 4.95. The number of benzene rings is 2. The number of hydrogen-bond donors (Lipinski definition) is 2. The molecule has 0 unspecified atom stereocenters. The van der Waals surface area contributed by atoms with Gasteiger partial charge < -0.3 is 15.6 Å². The lowest BCUT2D eigenvalue weighted by molar-refractivity contribution is 0.0697. The Hall–Kier alpha value is -2.08. The largest absolute Gasteiger partial charge is 0.489 e. The van der Waals surface area contributed by atoms with E-state index < -0.39 is 5.97 Å². The average Bonchev–Trinajstić information content (AvgIpc) is 2.41. The third-order valence-electron chi connectivity index (χ3n) is 2.64. The highest BCUT2D eigenvalue weighted by Gasteiger charge is 2.09. The number of rotatable bonds is 4. The summed E-state index contributed by atoms with van der Waals surface area (Å²) in [6.45, 7) is 0.196. The molecule has 0 heterocycles. The highest BCUT2D eigenvalue weighted by Crippen LogP contribution is 2.22. The summed E-state index contributed by atoms with van der Waals surface area (Å²) in [7, 11) is 0. The molecular formula is C14H11BrFNO3. The van der Waals surface area contributed by atoms with Gasteiger partial charge in [-0.1, -0.05) is 6.07 Å². The van der Waals surface area contributed by atoms with E-state index in [0.717, 1.165) is 5.56 Å². The van der Waals surface area contributed by atoms with Gasteiger partial charge in [0.2, 0.25) is 0 Å². The van der Waals surface area contributed by atoms with Gasteiger partial charge in [0.15, 0.2) is 0 Å². The molecule has 6 heteroatoms. The van der Waals surface area contributed by atoms with Crippen LogP contribution in [0.3, 0.4) is 0 Å². The number of carboxylic acids is 1. The predicted molar refractivity (Wildman–Crippen MR) is 76.2 cm³/mol. The summed E-state index contributed by atoms with van der Waals surface area (Å²) >= 11 is 3.09. The maximum absolute atomic E-state index is 13.1. The van der Waals surface area contributed by atoms with Crippen LogP contribution in [0.15, 0.2) is 40.9 Å². The molecule has 2 rings (SSSR count). The van der Waals surface area contributed by atoms with Crippen molar-refractivity contribution in [3.05, 3.63) is 57.8 Å². The molecule has 0 aromatic heterocycles. The number of carbonyl (C=O) groups is 1. The maximum Gasteiger partial charge on any atom is 0.337 e. The Bertz CT molecular complexity index is 661. The first-order chi connectivity index (χ1) is 9.47. The Morgan fingerprint density at radius 1 is 1.30 bits per heavy atom. The normalized spacial score (nSPS) is 10.3. The second-order valence-electron chi connectivity index (χ2n) is 4.09. The number of halogens is 2. The van der Waals surface area contributed by atoms with Gasteiger partial charge in [-0.25, -0.2) is 9.18 Å². The van der Waals surface area contributed by atoms with Crippen molar-refractivity contribution in [2.75, 3.05) is 5.73 Å². The molecule has 0 saturated carbocycles. The summed E-state index contributed by atoms with van der Waals surface area (Å²) < 4.78 is 18.9. The first kappa shape index (κ1) is 14.3. The Kier molecular flexibility index (Phi) is 4.24. The van der Waals surface area contributed by atoms with Gasteiger partial charge >= 0.3 is 5.97 Å².